The largest absolute Gasteiger partial charge is 0.299 e. The Labute approximate surface area is 92.4 Å². The highest BCUT2D eigenvalue weighted by Crippen LogP contribution is 2.19. The number of halogens is 1. The summed E-state index contributed by atoms with van der Waals surface area (Å²) in [5, 5.41) is 0.859. The maximum atomic E-state index is 13.6. The Kier molecular flexibility index (Phi) is 2.77. The summed E-state index contributed by atoms with van der Waals surface area (Å²) in [6.07, 6.45) is 3.34. The van der Waals surface area contributed by atoms with Gasteiger partial charge in [0.1, 0.15) is 12.1 Å². The minimum Gasteiger partial charge on any atom is -0.299 e. The van der Waals surface area contributed by atoms with E-state index in [4.69, 9.17) is 0 Å². The number of pyridine rings is 1. The molecule has 0 saturated heterocycles. The van der Waals surface area contributed by atoms with Gasteiger partial charge in [-0.3, -0.25) is 9.78 Å². The van der Waals surface area contributed by atoms with Gasteiger partial charge in [-0.1, -0.05) is 6.07 Å². The maximum Gasteiger partial charge on any atom is 0.142 e. The van der Waals surface area contributed by atoms with Gasteiger partial charge >= 0.3 is 0 Å². The van der Waals surface area contributed by atoms with Crippen molar-refractivity contribution >= 4 is 23.3 Å². The van der Waals surface area contributed by atoms with Crippen molar-refractivity contribution in [1.82, 2.24) is 4.98 Å². The second-order valence-electron chi connectivity index (χ2n) is 3.51. The molecule has 2 rings (SSSR count). The van der Waals surface area contributed by atoms with Crippen LogP contribution in [0.2, 0.25) is 0 Å². The Morgan fingerprint density at radius 1 is 1.31 bits per heavy atom. The van der Waals surface area contributed by atoms with E-state index in [0.29, 0.717) is 17.4 Å². The molecular weight excluding hydrogens is 205 g/mol. The zero-order valence-electron chi connectivity index (χ0n) is 8.77. The molecule has 0 fully saturated rings. The highest BCUT2D eigenvalue weighted by molar-refractivity contribution is 5.83. The Morgan fingerprint density at radius 2 is 2.12 bits per heavy atom. The smallest absolute Gasteiger partial charge is 0.142 e. The van der Waals surface area contributed by atoms with E-state index in [0.717, 1.165) is 11.1 Å². The first kappa shape index (κ1) is 10.5. The van der Waals surface area contributed by atoms with Gasteiger partial charge in [-0.15, -0.1) is 0 Å². The highest BCUT2D eigenvalue weighted by atomic mass is 19.1. The highest BCUT2D eigenvalue weighted by Gasteiger charge is 2.03. The van der Waals surface area contributed by atoms with Crippen LogP contribution < -0.4 is 0 Å². The Bertz CT molecular complexity index is 575. The fourth-order valence-electron chi connectivity index (χ4n) is 1.54. The van der Waals surface area contributed by atoms with Crippen molar-refractivity contribution in [2.24, 2.45) is 0 Å². The molecule has 80 valence electrons. The minimum absolute atomic E-state index is 0.372. The van der Waals surface area contributed by atoms with E-state index in [1.165, 1.54) is 18.2 Å². The average Bonchev–Trinajstić information content (AvgIpc) is 2.26. The third kappa shape index (κ3) is 1.98. The molecule has 0 unspecified atom stereocenters. The Balaban J connectivity index is 2.62. The number of fused-ring (bicyclic) bond motifs is 1. The predicted octanol–water partition coefficient (Wildman–Crippen LogP) is 2.89. The molecule has 2 aromatic rings. The average molecular weight is 215 g/mol. The van der Waals surface area contributed by atoms with Crippen LogP contribution >= 0.6 is 0 Å². The van der Waals surface area contributed by atoms with Gasteiger partial charge in [0.25, 0.3) is 0 Å². The van der Waals surface area contributed by atoms with E-state index in [2.05, 4.69) is 4.98 Å². The van der Waals surface area contributed by atoms with E-state index >= 15 is 0 Å². The number of carbonyl (C=O) groups excluding carboxylic acids is 1. The number of allylic oxidation sites excluding steroid dienone is 1. The van der Waals surface area contributed by atoms with Gasteiger partial charge < -0.3 is 0 Å². The number of hydrogen-bond donors (Lipinski definition) is 0. The second kappa shape index (κ2) is 4.23. The van der Waals surface area contributed by atoms with Gasteiger partial charge in [-0.05, 0) is 31.2 Å². The van der Waals surface area contributed by atoms with Crippen molar-refractivity contribution in [1.29, 1.82) is 0 Å². The molecule has 3 heteroatoms. The number of aldehydes is 1. The quantitative estimate of drug-likeness (QED) is 0.569. The molecule has 0 bridgehead atoms. The third-order valence-corrected chi connectivity index (χ3v) is 2.30. The van der Waals surface area contributed by atoms with Crippen LogP contribution in [0.5, 0.6) is 0 Å². The van der Waals surface area contributed by atoms with E-state index < -0.39 is 0 Å². The first-order valence-electron chi connectivity index (χ1n) is 4.89. The van der Waals surface area contributed by atoms with Gasteiger partial charge in [-0.2, -0.15) is 0 Å². The Hall–Kier alpha value is -2.03. The van der Waals surface area contributed by atoms with Crippen molar-refractivity contribution in [3.05, 3.63) is 47.4 Å². The first-order chi connectivity index (χ1) is 7.70. The number of hydrogen-bond acceptors (Lipinski definition) is 2. The molecule has 16 heavy (non-hydrogen) atoms. The lowest BCUT2D eigenvalue weighted by Gasteiger charge is -2.02. The zero-order chi connectivity index (χ0) is 11.5. The molecule has 1 aromatic carbocycles. The van der Waals surface area contributed by atoms with E-state index in [1.807, 2.05) is 19.1 Å². The van der Waals surface area contributed by atoms with Crippen molar-refractivity contribution < 1.29 is 9.18 Å². The molecule has 1 heterocycles. The van der Waals surface area contributed by atoms with Gasteiger partial charge in [0.15, 0.2) is 0 Å². The van der Waals surface area contributed by atoms with Gasteiger partial charge in [0.05, 0.1) is 5.52 Å². The van der Waals surface area contributed by atoms with Crippen molar-refractivity contribution in [2.45, 2.75) is 6.92 Å². The zero-order valence-corrected chi connectivity index (χ0v) is 8.77. The number of rotatable bonds is 2. The van der Waals surface area contributed by atoms with E-state index in [-0.39, 0.29) is 5.82 Å². The van der Waals surface area contributed by atoms with Crippen LogP contribution in [0.1, 0.15) is 11.3 Å². The topological polar surface area (TPSA) is 30.0 Å². The normalized spacial score (nSPS) is 11.1. The number of nitrogens with zero attached hydrogens (tertiary/aromatic N) is 1. The molecule has 0 aliphatic rings. The van der Waals surface area contributed by atoms with Gasteiger partial charge in [0, 0.05) is 22.7 Å². The molecule has 0 atom stereocenters. The monoisotopic (exact) mass is 215 g/mol. The Morgan fingerprint density at radius 3 is 2.88 bits per heavy atom. The van der Waals surface area contributed by atoms with Crippen LogP contribution in [0.15, 0.2) is 30.3 Å². The first-order valence-corrected chi connectivity index (χ1v) is 4.89. The summed E-state index contributed by atoms with van der Waals surface area (Å²) in [6, 6.07) is 6.81. The molecule has 2 nitrogen and oxygen atoms in total. The molecule has 0 radical (unpaired) electrons. The van der Waals surface area contributed by atoms with E-state index in [9.17, 15) is 9.18 Å². The summed E-state index contributed by atoms with van der Waals surface area (Å²) >= 11 is 0. The summed E-state index contributed by atoms with van der Waals surface area (Å²) in [5.74, 6) is -0.372. The molecule has 0 spiro atoms. The summed E-state index contributed by atoms with van der Waals surface area (Å²) in [6.45, 7) is 1.86. The molecule has 0 aliphatic carbocycles. The standard InChI is InChI=1S/C13H10FNO/c1-9-4-5-11-7-10(3-2-6-16)12(14)8-13(11)15-9/h2-8H,1H3/b3-2+. The molecule has 0 amide bonds. The fraction of sp³-hybridized carbons (Fsp3) is 0.0769. The summed E-state index contributed by atoms with van der Waals surface area (Å²) < 4.78 is 13.6. The van der Waals surface area contributed by atoms with Crippen LogP contribution in [-0.4, -0.2) is 11.3 Å². The van der Waals surface area contributed by atoms with Crippen molar-refractivity contribution in [3.8, 4) is 0 Å². The van der Waals surface area contributed by atoms with Crippen LogP contribution in [0, 0.1) is 12.7 Å². The molecule has 0 N–H and O–H groups in total. The third-order valence-electron chi connectivity index (χ3n) is 2.30. The number of aryl methyl sites for hydroxylation is 1. The lowest BCUT2D eigenvalue weighted by Crippen LogP contribution is -1.88. The fourth-order valence-corrected chi connectivity index (χ4v) is 1.54. The maximum absolute atomic E-state index is 13.6. The van der Waals surface area contributed by atoms with Crippen molar-refractivity contribution in [3.63, 3.8) is 0 Å². The van der Waals surface area contributed by atoms with Gasteiger partial charge in [0.2, 0.25) is 0 Å². The van der Waals surface area contributed by atoms with Crippen molar-refractivity contribution in [2.75, 3.05) is 0 Å². The number of carbonyl (C=O) groups is 1. The summed E-state index contributed by atoms with van der Waals surface area (Å²) in [5.41, 5.74) is 1.87. The molecule has 0 saturated carbocycles. The molecule has 1 aromatic heterocycles. The number of benzene rings is 1. The van der Waals surface area contributed by atoms with Crippen LogP contribution in [0.25, 0.3) is 17.0 Å². The lowest BCUT2D eigenvalue weighted by atomic mass is 10.1. The van der Waals surface area contributed by atoms with E-state index in [1.54, 1.807) is 6.07 Å². The second-order valence-corrected chi connectivity index (χ2v) is 3.51. The van der Waals surface area contributed by atoms with Gasteiger partial charge in [-0.25, -0.2) is 4.39 Å². The predicted molar refractivity (Wildman–Crippen MR) is 61.5 cm³/mol. The molecular formula is C13H10FNO. The number of aromatic nitrogens is 1. The lowest BCUT2D eigenvalue weighted by molar-refractivity contribution is -0.104. The minimum atomic E-state index is -0.372. The summed E-state index contributed by atoms with van der Waals surface area (Å²) in [7, 11) is 0. The van der Waals surface area contributed by atoms with Crippen LogP contribution in [-0.2, 0) is 4.79 Å². The van der Waals surface area contributed by atoms with Crippen LogP contribution in [0.3, 0.4) is 0 Å². The summed E-state index contributed by atoms with van der Waals surface area (Å²) in [4.78, 5) is 14.4. The molecule has 0 aliphatic heterocycles. The SMILES string of the molecule is Cc1ccc2cc(/C=C/C=O)c(F)cc2n1. The van der Waals surface area contributed by atoms with Crippen LogP contribution in [0.4, 0.5) is 4.39 Å².